The van der Waals surface area contributed by atoms with Gasteiger partial charge in [0.05, 0.1) is 13.2 Å². The molecule has 0 radical (unpaired) electrons. The van der Waals surface area contributed by atoms with Gasteiger partial charge >= 0.3 is 12.1 Å². The number of hydrogen-bond acceptors (Lipinski definition) is 6. The SMILES string of the molecule is COC(=O)[C@@H](Cc1ccccc1Br)NC(=O)[C@@H](NC(=O)OCc1ccccc1)[C@@H](C)O. The van der Waals surface area contributed by atoms with Crippen LogP contribution in [0.5, 0.6) is 0 Å². The molecule has 2 amide bonds. The quantitative estimate of drug-likeness (QED) is 0.462. The molecule has 2 rings (SSSR count). The van der Waals surface area contributed by atoms with Gasteiger partial charge in [0.15, 0.2) is 0 Å². The highest BCUT2D eigenvalue weighted by atomic mass is 79.9. The zero-order valence-corrected chi connectivity index (χ0v) is 18.8. The number of carbonyl (C=O) groups is 3. The van der Waals surface area contributed by atoms with Crippen molar-refractivity contribution in [3.05, 3.63) is 70.2 Å². The molecule has 9 heteroatoms. The van der Waals surface area contributed by atoms with Gasteiger partial charge in [-0.25, -0.2) is 9.59 Å². The van der Waals surface area contributed by atoms with Gasteiger partial charge in [-0.2, -0.15) is 0 Å². The predicted octanol–water partition coefficient (Wildman–Crippen LogP) is 2.33. The van der Waals surface area contributed by atoms with Crippen LogP contribution in [0.2, 0.25) is 0 Å². The van der Waals surface area contributed by atoms with Crippen LogP contribution in [-0.2, 0) is 32.1 Å². The summed E-state index contributed by atoms with van der Waals surface area (Å²) in [5.41, 5.74) is 1.55. The zero-order valence-electron chi connectivity index (χ0n) is 17.2. The number of aliphatic hydroxyl groups is 1. The molecule has 0 bridgehead atoms. The van der Waals surface area contributed by atoms with Crippen LogP contribution >= 0.6 is 15.9 Å². The summed E-state index contributed by atoms with van der Waals surface area (Å²) < 4.78 is 10.7. The average molecular weight is 493 g/mol. The topological polar surface area (TPSA) is 114 Å². The molecular weight excluding hydrogens is 468 g/mol. The number of aliphatic hydroxyl groups excluding tert-OH is 1. The molecule has 0 heterocycles. The molecule has 0 saturated heterocycles. The van der Waals surface area contributed by atoms with Crippen LogP contribution in [-0.4, -0.2) is 48.4 Å². The Morgan fingerprint density at radius 1 is 1.03 bits per heavy atom. The third-order valence-electron chi connectivity index (χ3n) is 4.44. The van der Waals surface area contributed by atoms with Crippen molar-refractivity contribution in [2.75, 3.05) is 7.11 Å². The van der Waals surface area contributed by atoms with Gasteiger partial charge in [-0.15, -0.1) is 0 Å². The van der Waals surface area contributed by atoms with E-state index in [9.17, 15) is 19.5 Å². The number of esters is 1. The molecule has 3 atom stereocenters. The maximum absolute atomic E-state index is 12.7. The lowest BCUT2D eigenvalue weighted by molar-refractivity contribution is -0.145. The van der Waals surface area contributed by atoms with E-state index in [1.54, 1.807) is 36.4 Å². The van der Waals surface area contributed by atoms with Crippen LogP contribution in [0.25, 0.3) is 0 Å². The van der Waals surface area contributed by atoms with Crippen LogP contribution in [0.3, 0.4) is 0 Å². The zero-order chi connectivity index (χ0) is 22.8. The molecule has 31 heavy (non-hydrogen) atoms. The first-order valence-electron chi connectivity index (χ1n) is 9.58. The highest BCUT2D eigenvalue weighted by Crippen LogP contribution is 2.18. The van der Waals surface area contributed by atoms with Gasteiger partial charge < -0.3 is 25.2 Å². The molecule has 0 aliphatic rings. The Balaban J connectivity index is 2.03. The molecule has 0 unspecified atom stereocenters. The second-order valence-corrected chi connectivity index (χ2v) is 7.66. The van der Waals surface area contributed by atoms with E-state index in [0.29, 0.717) is 0 Å². The molecule has 0 spiro atoms. The molecule has 0 fully saturated rings. The number of rotatable bonds is 9. The van der Waals surface area contributed by atoms with Crippen molar-refractivity contribution >= 4 is 33.9 Å². The Kier molecular flexibility index (Phi) is 9.48. The number of methoxy groups -OCH3 is 1. The fourth-order valence-corrected chi connectivity index (χ4v) is 3.22. The molecule has 8 nitrogen and oxygen atoms in total. The van der Waals surface area contributed by atoms with Crippen LogP contribution < -0.4 is 10.6 Å². The van der Waals surface area contributed by atoms with E-state index >= 15 is 0 Å². The number of halogens is 1. The van der Waals surface area contributed by atoms with E-state index in [0.717, 1.165) is 15.6 Å². The lowest BCUT2D eigenvalue weighted by Gasteiger charge is -2.24. The fourth-order valence-electron chi connectivity index (χ4n) is 2.78. The smallest absolute Gasteiger partial charge is 0.408 e. The summed E-state index contributed by atoms with van der Waals surface area (Å²) in [6, 6.07) is 13.9. The monoisotopic (exact) mass is 492 g/mol. The van der Waals surface area contributed by atoms with Crippen molar-refractivity contribution in [2.24, 2.45) is 0 Å². The van der Waals surface area contributed by atoms with Crippen molar-refractivity contribution in [1.29, 1.82) is 0 Å². The Morgan fingerprint density at radius 2 is 1.68 bits per heavy atom. The van der Waals surface area contributed by atoms with Gasteiger partial charge in [0.2, 0.25) is 5.91 Å². The first-order chi connectivity index (χ1) is 14.8. The maximum atomic E-state index is 12.7. The van der Waals surface area contributed by atoms with Gasteiger partial charge in [-0.05, 0) is 24.1 Å². The first kappa shape index (κ1) is 24.4. The van der Waals surface area contributed by atoms with Crippen LogP contribution in [0, 0.1) is 0 Å². The number of amides is 2. The number of ether oxygens (including phenoxy) is 2. The lowest BCUT2D eigenvalue weighted by atomic mass is 10.0. The summed E-state index contributed by atoms with van der Waals surface area (Å²) in [6.07, 6.45) is -1.94. The van der Waals surface area contributed by atoms with Gasteiger partial charge in [0.1, 0.15) is 18.7 Å². The molecule has 0 aliphatic carbocycles. The first-order valence-corrected chi connectivity index (χ1v) is 10.4. The van der Waals surface area contributed by atoms with E-state index in [1.807, 2.05) is 18.2 Å². The van der Waals surface area contributed by atoms with Crippen LogP contribution in [0.1, 0.15) is 18.1 Å². The van der Waals surface area contributed by atoms with Crippen LogP contribution in [0.4, 0.5) is 4.79 Å². The number of benzene rings is 2. The Bertz CT molecular complexity index is 891. The van der Waals surface area contributed by atoms with Crippen molar-refractivity contribution in [2.45, 2.75) is 38.1 Å². The molecule has 0 aliphatic heterocycles. The van der Waals surface area contributed by atoms with E-state index < -0.39 is 36.2 Å². The summed E-state index contributed by atoms with van der Waals surface area (Å²) in [6.45, 7) is 1.36. The minimum absolute atomic E-state index is 0.00758. The number of hydrogen-bond donors (Lipinski definition) is 3. The van der Waals surface area contributed by atoms with Gasteiger partial charge in [-0.3, -0.25) is 4.79 Å². The minimum Gasteiger partial charge on any atom is -0.467 e. The number of alkyl carbamates (subject to hydrolysis) is 1. The van der Waals surface area contributed by atoms with E-state index in [2.05, 4.69) is 26.6 Å². The van der Waals surface area contributed by atoms with Crippen molar-refractivity contribution in [3.8, 4) is 0 Å². The molecule has 166 valence electrons. The molecule has 2 aromatic carbocycles. The maximum Gasteiger partial charge on any atom is 0.408 e. The Morgan fingerprint density at radius 3 is 2.29 bits per heavy atom. The average Bonchev–Trinajstić information content (AvgIpc) is 2.76. The Labute approximate surface area is 189 Å². The van der Waals surface area contributed by atoms with Crippen molar-refractivity contribution in [1.82, 2.24) is 10.6 Å². The van der Waals surface area contributed by atoms with Gasteiger partial charge in [0.25, 0.3) is 0 Å². The standard InChI is InChI=1S/C22H25BrN2O6/c1-14(26)19(25-22(29)31-13-15-8-4-3-5-9-15)20(27)24-18(21(28)30-2)12-16-10-6-7-11-17(16)23/h3-11,14,18-19,26H,12-13H2,1-2H3,(H,24,27)(H,25,29)/t14-,18-,19+/m1/s1. The minimum atomic E-state index is -1.32. The second kappa shape index (κ2) is 12.1. The Hall–Kier alpha value is -2.91. The van der Waals surface area contributed by atoms with Crippen LogP contribution in [0.15, 0.2) is 59.1 Å². The molecule has 0 saturated carbocycles. The van der Waals surface area contributed by atoms with Crippen molar-refractivity contribution in [3.63, 3.8) is 0 Å². The third-order valence-corrected chi connectivity index (χ3v) is 5.21. The molecule has 0 aromatic heterocycles. The highest BCUT2D eigenvalue weighted by Gasteiger charge is 2.31. The lowest BCUT2D eigenvalue weighted by Crippen LogP contribution is -2.56. The van der Waals surface area contributed by atoms with E-state index in [-0.39, 0.29) is 13.0 Å². The molecule has 3 N–H and O–H groups in total. The summed E-state index contributed by atoms with van der Waals surface area (Å²) in [5, 5.41) is 14.9. The number of carbonyl (C=O) groups excluding carboxylic acids is 3. The highest BCUT2D eigenvalue weighted by molar-refractivity contribution is 9.10. The second-order valence-electron chi connectivity index (χ2n) is 6.80. The predicted molar refractivity (Wildman–Crippen MR) is 117 cm³/mol. The largest absolute Gasteiger partial charge is 0.467 e. The number of nitrogens with one attached hydrogen (secondary N) is 2. The molecular formula is C22H25BrN2O6. The van der Waals surface area contributed by atoms with Gasteiger partial charge in [-0.1, -0.05) is 64.5 Å². The summed E-state index contributed by atoms with van der Waals surface area (Å²) in [7, 11) is 1.22. The summed E-state index contributed by atoms with van der Waals surface area (Å²) in [4.78, 5) is 37.1. The molecule has 2 aromatic rings. The fraction of sp³-hybridized carbons (Fsp3) is 0.318. The normalized spacial score (nSPS) is 13.4. The summed E-state index contributed by atoms with van der Waals surface area (Å²) in [5.74, 6) is -1.39. The van der Waals surface area contributed by atoms with Gasteiger partial charge in [0, 0.05) is 10.9 Å². The third kappa shape index (κ3) is 7.69. The summed E-state index contributed by atoms with van der Waals surface area (Å²) >= 11 is 3.41. The van der Waals surface area contributed by atoms with E-state index in [1.165, 1.54) is 14.0 Å². The van der Waals surface area contributed by atoms with E-state index in [4.69, 9.17) is 9.47 Å². The van der Waals surface area contributed by atoms with Crippen molar-refractivity contribution < 1.29 is 29.0 Å².